The summed E-state index contributed by atoms with van der Waals surface area (Å²) in [5, 5.41) is 19.3. The van der Waals surface area contributed by atoms with Gasteiger partial charge >= 0.3 is 5.97 Å². The molecule has 0 fully saturated rings. The first-order valence-electron chi connectivity index (χ1n) is 7.33. The summed E-state index contributed by atoms with van der Waals surface area (Å²) in [5.41, 5.74) is 0.946. The Kier molecular flexibility index (Phi) is 8.49. The van der Waals surface area contributed by atoms with Crippen LogP contribution in [0, 0.1) is 14.3 Å². The van der Waals surface area contributed by atoms with Crippen molar-refractivity contribution in [3.05, 3.63) is 44.1 Å². The maximum Gasteiger partial charge on any atom is 0.321 e. The van der Waals surface area contributed by atoms with Gasteiger partial charge in [0.05, 0.1) is 14.3 Å². The molecule has 0 aliphatic heterocycles. The van der Waals surface area contributed by atoms with Crippen molar-refractivity contribution in [2.24, 2.45) is 0 Å². The quantitative estimate of drug-likeness (QED) is 0.396. The molecule has 26 heavy (non-hydrogen) atoms. The number of phenolic OH excluding ortho intramolecular Hbond substituents is 1. The average Bonchev–Trinajstić information content (AvgIpc) is 2.53. The van der Waals surface area contributed by atoms with Crippen molar-refractivity contribution in [1.29, 1.82) is 0 Å². The van der Waals surface area contributed by atoms with E-state index in [1.807, 2.05) is 12.1 Å². The number of aliphatic carboxylic acids is 1. The third-order valence-electron chi connectivity index (χ3n) is 3.61. The molecule has 140 valence electrons. The standard InChI is InChI=1S/C17H15I4NO4/c1-22(2)14(17(24)25)5-8-3-12(20)16(13(21)4-8)26-9-6-10(18)15(23)11(19)7-9/h3-4,6-7,14,23H,5H2,1-2H3,(H,24,25)/t14-/m0/s1. The van der Waals surface area contributed by atoms with Crippen LogP contribution in [0.25, 0.3) is 0 Å². The second kappa shape index (κ2) is 9.73. The Bertz CT molecular complexity index is 795. The van der Waals surface area contributed by atoms with Crippen LogP contribution in [0.5, 0.6) is 17.2 Å². The molecular weight excluding hydrogens is 790 g/mol. The number of carboxylic acids is 1. The zero-order valence-corrected chi connectivity index (χ0v) is 22.4. The number of carboxylic acid groups (broad SMARTS) is 1. The lowest BCUT2D eigenvalue weighted by Gasteiger charge is -2.21. The highest BCUT2D eigenvalue weighted by atomic mass is 127. The van der Waals surface area contributed by atoms with E-state index in [1.165, 1.54) is 0 Å². The van der Waals surface area contributed by atoms with Gasteiger partial charge in [0.25, 0.3) is 0 Å². The van der Waals surface area contributed by atoms with Crippen LogP contribution in [0.2, 0.25) is 0 Å². The summed E-state index contributed by atoms with van der Waals surface area (Å²) in [7, 11) is 3.53. The first-order chi connectivity index (χ1) is 12.1. The minimum absolute atomic E-state index is 0.252. The number of likely N-dealkylation sites (N-methyl/N-ethyl adjacent to an activating group) is 1. The molecular formula is C17H15I4NO4. The van der Waals surface area contributed by atoms with E-state index in [-0.39, 0.29) is 5.75 Å². The lowest BCUT2D eigenvalue weighted by molar-refractivity contribution is -0.142. The Morgan fingerprint density at radius 2 is 1.54 bits per heavy atom. The van der Waals surface area contributed by atoms with E-state index in [0.717, 1.165) is 25.6 Å². The molecule has 0 spiro atoms. The molecule has 0 amide bonds. The summed E-state index contributed by atoms with van der Waals surface area (Å²) in [4.78, 5) is 13.1. The number of rotatable bonds is 6. The van der Waals surface area contributed by atoms with Gasteiger partial charge in [-0.3, -0.25) is 9.69 Å². The highest BCUT2D eigenvalue weighted by molar-refractivity contribution is 14.1. The molecule has 0 unspecified atom stereocenters. The lowest BCUT2D eigenvalue weighted by Crippen LogP contribution is -2.37. The Hall–Kier alpha value is 0.390. The summed E-state index contributed by atoms with van der Waals surface area (Å²) >= 11 is 8.53. The molecule has 0 bridgehead atoms. The van der Waals surface area contributed by atoms with Gasteiger partial charge in [-0.15, -0.1) is 0 Å². The fourth-order valence-electron chi connectivity index (χ4n) is 2.26. The van der Waals surface area contributed by atoms with Crippen LogP contribution in [0.15, 0.2) is 24.3 Å². The Labute approximate surface area is 206 Å². The molecule has 0 aliphatic carbocycles. The molecule has 0 saturated heterocycles. The highest BCUT2D eigenvalue weighted by Gasteiger charge is 2.21. The summed E-state index contributed by atoms with van der Waals surface area (Å²) in [6.07, 6.45) is 0.420. The van der Waals surface area contributed by atoms with Crippen molar-refractivity contribution >= 4 is 96.3 Å². The molecule has 1 atom stereocenters. The Morgan fingerprint density at radius 1 is 1.04 bits per heavy atom. The minimum Gasteiger partial charge on any atom is -0.506 e. The van der Waals surface area contributed by atoms with Gasteiger partial charge in [-0.2, -0.15) is 0 Å². The Balaban J connectivity index is 2.31. The minimum atomic E-state index is -0.839. The molecule has 5 nitrogen and oxygen atoms in total. The van der Waals surface area contributed by atoms with Gasteiger partial charge in [-0.05, 0) is 141 Å². The van der Waals surface area contributed by atoms with Crippen molar-refractivity contribution in [2.75, 3.05) is 14.1 Å². The van der Waals surface area contributed by atoms with Crippen LogP contribution in [0.1, 0.15) is 5.56 Å². The summed E-state index contributed by atoms with van der Waals surface area (Å²) in [5.74, 6) is 0.788. The zero-order valence-electron chi connectivity index (χ0n) is 13.8. The van der Waals surface area contributed by atoms with Crippen LogP contribution < -0.4 is 4.74 Å². The summed E-state index contributed by atoms with van der Waals surface area (Å²) in [6, 6.07) is 6.89. The molecule has 0 aromatic heterocycles. The van der Waals surface area contributed by atoms with Gasteiger partial charge in [0.15, 0.2) is 5.75 Å². The largest absolute Gasteiger partial charge is 0.506 e. The first kappa shape index (κ1) is 22.7. The lowest BCUT2D eigenvalue weighted by atomic mass is 10.1. The molecule has 0 radical (unpaired) electrons. The van der Waals surface area contributed by atoms with Crippen LogP contribution >= 0.6 is 90.4 Å². The van der Waals surface area contributed by atoms with Crippen molar-refractivity contribution in [1.82, 2.24) is 4.90 Å². The maximum atomic E-state index is 11.4. The fraction of sp³-hybridized carbons (Fsp3) is 0.235. The predicted octanol–water partition coefficient (Wildman–Crippen LogP) is 5.16. The van der Waals surface area contributed by atoms with Gasteiger partial charge in [-0.25, -0.2) is 0 Å². The second-order valence-corrected chi connectivity index (χ2v) is 10.4. The van der Waals surface area contributed by atoms with E-state index in [1.54, 1.807) is 31.1 Å². The van der Waals surface area contributed by atoms with E-state index >= 15 is 0 Å². The number of nitrogens with zero attached hydrogens (tertiary/aromatic N) is 1. The number of hydrogen-bond acceptors (Lipinski definition) is 4. The van der Waals surface area contributed by atoms with Gasteiger partial charge < -0.3 is 14.9 Å². The number of halogens is 4. The molecule has 2 aromatic carbocycles. The molecule has 9 heteroatoms. The topological polar surface area (TPSA) is 70.0 Å². The van der Waals surface area contributed by atoms with Crippen LogP contribution in [0.4, 0.5) is 0 Å². The van der Waals surface area contributed by atoms with Gasteiger partial charge in [0.1, 0.15) is 17.5 Å². The average molecular weight is 805 g/mol. The first-order valence-corrected chi connectivity index (χ1v) is 11.6. The SMILES string of the molecule is CN(C)[C@@H](Cc1cc(I)c(Oc2cc(I)c(O)c(I)c2)c(I)c1)C(=O)O. The van der Waals surface area contributed by atoms with Crippen molar-refractivity contribution in [3.8, 4) is 17.2 Å². The summed E-state index contributed by atoms with van der Waals surface area (Å²) in [6.45, 7) is 0. The van der Waals surface area contributed by atoms with Crippen molar-refractivity contribution < 1.29 is 19.7 Å². The van der Waals surface area contributed by atoms with Crippen molar-refractivity contribution in [2.45, 2.75) is 12.5 Å². The number of carbonyl (C=O) groups is 1. The highest BCUT2D eigenvalue weighted by Crippen LogP contribution is 2.37. The van der Waals surface area contributed by atoms with Crippen LogP contribution in [-0.4, -0.2) is 41.2 Å². The predicted molar refractivity (Wildman–Crippen MR) is 134 cm³/mol. The van der Waals surface area contributed by atoms with Gasteiger partial charge in [0, 0.05) is 0 Å². The van der Waals surface area contributed by atoms with E-state index in [2.05, 4.69) is 90.4 Å². The molecule has 0 heterocycles. The molecule has 0 aliphatic rings. The second-order valence-electron chi connectivity index (χ2n) is 5.75. The van der Waals surface area contributed by atoms with Gasteiger partial charge in [-0.1, -0.05) is 0 Å². The summed E-state index contributed by atoms with van der Waals surface area (Å²) < 4.78 is 9.31. The van der Waals surface area contributed by atoms with E-state index in [0.29, 0.717) is 12.2 Å². The third-order valence-corrected chi connectivity index (χ3v) is 6.85. The van der Waals surface area contributed by atoms with Crippen LogP contribution in [0.3, 0.4) is 0 Å². The fourth-order valence-corrected chi connectivity index (χ4v) is 6.09. The molecule has 2 rings (SSSR count). The number of aromatic hydroxyl groups is 1. The molecule has 2 N–H and O–H groups in total. The van der Waals surface area contributed by atoms with E-state index < -0.39 is 12.0 Å². The maximum absolute atomic E-state index is 11.4. The zero-order chi connectivity index (χ0) is 19.6. The normalized spacial score (nSPS) is 12.3. The molecule has 2 aromatic rings. The van der Waals surface area contributed by atoms with Crippen molar-refractivity contribution in [3.63, 3.8) is 0 Å². The van der Waals surface area contributed by atoms with E-state index in [4.69, 9.17) is 4.74 Å². The number of phenols is 1. The Morgan fingerprint density at radius 3 is 1.96 bits per heavy atom. The number of ether oxygens (including phenoxy) is 1. The smallest absolute Gasteiger partial charge is 0.321 e. The van der Waals surface area contributed by atoms with Gasteiger partial charge in [0.2, 0.25) is 0 Å². The van der Waals surface area contributed by atoms with E-state index in [9.17, 15) is 15.0 Å². The monoisotopic (exact) mass is 805 g/mol. The number of benzene rings is 2. The number of hydrogen-bond donors (Lipinski definition) is 2. The molecule has 0 saturated carbocycles. The third kappa shape index (κ3) is 5.70. The van der Waals surface area contributed by atoms with Crippen LogP contribution in [-0.2, 0) is 11.2 Å².